The Morgan fingerprint density at radius 2 is 2.18 bits per heavy atom. The lowest BCUT2D eigenvalue weighted by Gasteiger charge is -2.46. The van der Waals surface area contributed by atoms with Gasteiger partial charge in [-0.3, -0.25) is 0 Å². The third-order valence-electron chi connectivity index (χ3n) is 4.07. The normalized spacial score (nSPS) is 30.7. The van der Waals surface area contributed by atoms with Gasteiger partial charge in [0.15, 0.2) is 0 Å². The largest absolute Gasteiger partial charge is 0.375 e. The molecule has 100 valence electrons. The van der Waals surface area contributed by atoms with E-state index >= 15 is 0 Å². The lowest BCUT2D eigenvalue weighted by molar-refractivity contribution is -0.108. The molecule has 2 saturated heterocycles. The topological polar surface area (TPSA) is 38.5 Å². The molecular weight excluding hydrogens is 232 g/mol. The van der Waals surface area contributed by atoms with Gasteiger partial charge in [-0.1, -0.05) is 0 Å². The van der Waals surface area contributed by atoms with Crippen molar-refractivity contribution in [2.75, 3.05) is 31.7 Å². The Labute approximate surface area is 109 Å². The van der Waals surface area contributed by atoms with Gasteiger partial charge < -0.3 is 15.4 Å². The van der Waals surface area contributed by atoms with E-state index in [2.05, 4.69) is 30.6 Å². The summed E-state index contributed by atoms with van der Waals surface area (Å²) < 4.78 is 6.12. The Bertz CT molecular complexity index is 236. The second-order valence-corrected chi connectivity index (χ2v) is 6.93. The molecule has 0 aliphatic carbocycles. The lowest BCUT2D eigenvalue weighted by atomic mass is 9.85. The Morgan fingerprint density at radius 3 is 2.82 bits per heavy atom. The van der Waals surface area contributed by atoms with Crippen molar-refractivity contribution in [1.29, 1.82) is 0 Å². The lowest BCUT2D eigenvalue weighted by Crippen LogP contribution is -2.51. The molecule has 0 saturated carbocycles. The zero-order valence-electron chi connectivity index (χ0n) is 11.2. The quantitative estimate of drug-likeness (QED) is 0.836. The van der Waals surface area contributed by atoms with E-state index in [9.17, 15) is 0 Å². The number of ether oxygens (including phenoxy) is 1. The molecule has 0 bridgehead atoms. The van der Waals surface area contributed by atoms with Crippen LogP contribution in [0.1, 0.15) is 32.6 Å². The van der Waals surface area contributed by atoms with E-state index in [0.717, 1.165) is 19.6 Å². The van der Waals surface area contributed by atoms with Gasteiger partial charge >= 0.3 is 0 Å². The maximum atomic E-state index is 6.12. The van der Waals surface area contributed by atoms with Crippen LogP contribution < -0.4 is 5.73 Å². The van der Waals surface area contributed by atoms with Gasteiger partial charge in [0.2, 0.25) is 0 Å². The molecule has 1 spiro atoms. The molecule has 0 radical (unpaired) electrons. The van der Waals surface area contributed by atoms with Crippen molar-refractivity contribution in [2.24, 2.45) is 5.73 Å². The van der Waals surface area contributed by atoms with Crippen molar-refractivity contribution in [2.45, 2.75) is 50.3 Å². The Morgan fingerprint density at radius 1 is 1.47 bits per heavy atom. The van der Waals surface area contributed by atoms with Gasteiger partial charge in [-0.15, -0.1) is 0 Å². The molecule has 0 aromatic heterocycles. The molecule has 0 aromatic rings. The average Bonchev–Trinajstić information content (AvgIpc) is 2.29. The maximum Gasteiger partial charge on any atom is 0.0713 e. The number of hydrogen-bond donors (Lipinski definition) is 1. The van der Waals surface area contributed by atoms with Crippen LogP contribution in [0, 0.1) is 0 Å². The van der Waals surface area contributed by atoms with Crippen molar-refractivity contribution < 1.29 is 4.74 Å². The molecule has 2 fully saturated rings. The second-order valence-electron chi connectivity index (χ2n) is 5.71. The van der Waals surface area contributed by atoms with Crippen LogP contribution in [0.2, 0.25) is 0 Å². The van der Waals surface area contributed by atoms with Crippen LogP contribution in [0.4, 0.5) is 0 Å². The van der Waals surface area contributed by atoms with E-state index in [1.807, 2.05) is 0 Å². The average molecular weight is 258 g/mol. The zero-order chi connectivity index (χ0) is 12.3. The highest BCUT2D eigenvalue weighted by atomic mass is 32.2. The van der Waals surface area contributed by atoms with Gasteiger partial charge in [-0.25, -0.2) is 0 Å². The molecule has 17 heavy (non-hydrogen) atoms. The summed E-state index contributed by atoms with van der Waals surface area (Å²) in [5, 5.41) is 0. The third-order valence-corrected chi connectivity index (χ3v) is 5.06. The minimum Gasteiger partial charge on any atom is -0.375 e. The van der Waals surface area contributed by atoms with E-state index in [4.69, 9.17) is 10.5 Å². The first kappa shape index (κ1) is 13.7. The fourth-order valence-corrected chi connectivity index (χ4v) is 4.31. The first-order valence-corrected chi connectivity index (χ1v) is 7.94. The molecule has 2 N–H and O–H groups in total. The van der Waals surface area contributed by atoms with Crippen LogP contribution in [-0.4, -0.2) is 54.3 Å². The second kappa shape index (κ2) is 5.91. The molecule has 2 heterocycles. The summed E-state index contributed by atoms with van der Waals surface area (Å²) in [5.41, 5.74) is 6.09. The minimum atomic E-state index is 0.195. The van der Waals surface area contributed by atoms with Crippen molar-refractivity contribution in [3.63, 3.8) is 0 Å². The highest BCUT2D eigenvalue weighted by molar-refractivity contribution is 7.99. The number of nitrogens with two attached hydrogens (primary N) is 1. The van der Waals surface area contributed by atoms with Crippen molar-refractivity contribution >= 4 is 11.8 Å². The Hall–Kier alpha value is 0.230. The van der Waals surface area contributed by atoms with Gasteiger partial charge in [0.05, 0.1) is 5.60 Å². The summed E-state index contributed by atoms with van der Waals surface area (Å²) in [6.07, 6.45) is 4.84. The van der Waals surface area contributed by atoms with E-state index in [1.54, 1.807) is 0 Å². The first-order chi connectivity index (χ1) is 8.11. The third kappa shape index (κ3) is 3.60. The molecule has 4 heteroatoms. The SMILES string of the molecule is CC(N)CN(C)C1CCOC2(CCSCC2)C1. The standard InChI is InChI=1S/C13H26N2OS/c1-11(14)10-15(2)12-3-6-16-13(9-12)4-7-17-8-5-13/h11-12H,3-10,14H2,1-2H3. The number of hydrogen-bond acceptors (Lipinski definition) is 4. The molecule has 2 unspecified atom stereocenters. The van der Waals surface area contributed by atoms with Crippen LogP contribution in [0.25, 0.3) is 0 Å². The molecule has 0 aromatic carbocycles. The Balaban J connectivity index is 1.91. The van der Waals surface area contributed by atoms with Crippen molar-refractivity contribution in [1.82, 2.24) is 4.90 Å². The van der Waals surface area contributed by atoms with Crippen molar-refractivity contribution in [3.8, 4) is 0 Å². The Kier molecular flexibility index (Phi) is 4.75. The fourth-order valence-electron chi connectivity index (χ4n) is 3.07. The van der Waals surface area contributed by atoms with E-state index in [1.165, 1.54) is 30.8 Å². The van der Waals surface area contributed by atoms with Crippen molar-refractivity contribution in [3.05, 3.63) is 0 Å². The molecular formula is C13H26N2OS. The summed E-state index contributed by atoms with van der Waals surface area (Å²) in [7, 11) is 2.21. The molecule has 3 nitrogen and oxygen atoms in total. The van der Waals surface area contributed by atoms with Gasteiger partial charge in [0.1, 0.15) is 0 Å². The monoisotopic (exact) mass is 258 g/mol. The molecule has 2 rings (SSSR count). The molecule has 2 atom stereocenters. The van der Waals surface area contributed by atoms with Crippen LogP contribution in [-0.2, 0) is 4.74 Å². The van der Waals surface area contributed by atoms with Crippen LogP contribution >= 0.6 is 11.8 Å². The minimum absolute atomic E-state index is 0.195. The number of thioether (sulfide) groups is 1. The summed E-state index contributed by atoms with van der Waals surface area (Å²) in [5.74, 6) is 2.54. The summed E-state index contributed by atoms with van der Waals surface area (Å²) in [6.45, 7) is 4.01. The smallest absolute Gasteiger partial charge is 0.0713 e. The van der Waals surface area contributed by atoms with Gasteiger partial charge in [-0.2, -0.15) is 11.8 Å². The summed E-state index contributed by atoms with van der Waals surface area (Å²) >= 11 is 2.07. The summed E-state index contributed by atoms with van der Waals surface area (Å²) in [4.78, 5) is 2.44. The predicted octanol–water partition coefficient (Wildman–Crippen LogP) is 1.71. The highest BCUT2D eigenvalue weighted by Crippen LogP contribution is 2.38. The number of likely N-dealkylation sites (N-methyl/N-ethyl adjacent to an activating group) is 1. The van der Waals surface area contributed by atoms with Gasteiger partial charge in [0.25, 0.3) is 0 Å². The highest BCUT2D eigenvalue weighted by Gasteiger charge is 2.39. The van der Waals surface area contributed by atoms with E-state index in [0.29, 0.717) is 6.04 Å². The molecule has 2 aliphatic rings. The predicted molar refractivity (Wildman–Crippen MR) is 74.5 cm³/mol. The number of nitrogens with zero attached hydrogens (tertiary/aromatic N) is 1. The summed E-state index contributed by atoms with van der Waals surface area (Å²) in [6, 6.07) is 0.929. The van der Waals surface area contributed by atoms with E-state index < -0.39 is 0 Å². The van der Waals surface area contributed by atoms with E-state index in [-0.39, 0.29) is 11.6 Å². The molecule has 2 aliphatic heterocycles. The molecule has 0 amide bonds. The van der Waals surface area contributed by atoms with Crippen LogP contribution in [0.15, 0.2) is 0 Å². The van der Waals surface area contributed by atoms with Crippen LogP contribution in [0.3, 0.4) is 0 Å². The zero-order valence-corrected chi connectivity index (χ0v) is 12.0. The first-order valence-electron chi connectivity index (χ1n) is 6.79. The van der Waals surface area contributed by atoms with Gasteiger partial charge in [0, 0.05) is 25.2 Å². The van der Waals surface area contributed by atoms with Gasteiger partial charge in [-0.05, 0) is 51.2 Å². The maximum absolute atomic E-state index is 6.12. The fraction of sp³-hybridized carbons (Fsp3) is 1.00. The number of rotatable bonds is 3. The van der Waals surface area contributed by atoms with Crippen LogP contribution in [0.5, 0.6) is 0 Å².